The lowest BCUT2D eigenvalue weighted by Gasteiger charge is -2.45. The lowest BCUT2D eigenvalue weighted by atomic mass is 9.69. The van der Waals surface area contributed by atoms with Gasteiger partial charge in [-0.1, -0.05) is 0 Å². The van der Waals surface area contributed by atoms with Gasteiger partial charge in [0.1, 0.15) is 6.10 Å². The number of rotatable bonds is 0. The minimum Gasteiger partial charge on any atom is -0.455 e. The van der Waals surface area contributed by atoms with Gasteiger partial charge in [-0.2, -0.15) is 0 Å². The maximum Gasteiger partial charge on any atom is 0.338 e. The number of carbonyl (C=O) groups is 1. The highest BCUT2D eigenvalue weighted by molar-refractivity contribution is 5.94. The van der Waals surface area contributed by atoms with Gasteiger partial charge in [0.25, 0.3) is 0 Å². The second-order valence-electron chi connectivity index (χ2n) is 6.52. The summed E-state index contributed by atoms with van der Waals surface area (Å²) in [5.74, 6) is 1.26. The molecule has 1 saturated carbocycles. The number of hydrogen-bond acceptors (Lipinski definition) is 6. The maximum atomic E-state index is 12.3. The van der Waals surface area contributed by atoms with E-state index in [2.05, 4.69) is 5.32 Å². The Balaban J connectivity index is 1.67. The van der Waals surface area contributed by atoms with Crippen molar-refractivity contribution in [2.24, 2.45) is 5.92 Å². The Labute approximate surface area is 127 Å². The van der Waals surface area contributed by atoms with Crippen molar-refractivity contribution in [3.63, 3.8) is 0 Å². The van der Waals surface area contributed by atoms with Crippen LogP contribution in [0.3, 0.4) is 0 Å². The zero-order valence-corrected chi connectivity index (χ0v) is 12.0. The van der Waals surface area contributed by atoms with Crippen LogP contribution in [-0.2, 0) is 4.74 Å². The molecule has 0 aromatic heterocycles. The number of nitrogens with one attached hydrogen (secondary N) is 1. The molecule has 5 atom stereocenters. The summed E-state index contributed by atoms with van der Waals surface area (Å²) in [6.07, 6.45) is 0.658. The molecule has 22 heavy (non-hydrogen) atoms. The molecule has 0 unspecified atom stereocenters. The van der Waals surface area contributed by atoms with E-state index in [0.717, 1.165) is 18.5 Å². The Morgan fingerprint density at radius 3 is 2.91 bits per heavy atom. The molecule has 6 heteroatoms. The van der Waals surface area contributed by atoms with Crippen LogP contribution in [-0.4, -0.2) is 42.7 Å². The molecule has 1 aromatic rings. The average molecular weight is 303 g/mol. The lowest BCUT2D eigenvalue weighted by molar-refractivity contribution is -0.0684. The summed E-state index contributed by atoms with van der Waals surface area (Å²) >= 11 is 0. The van der Waals surface area contributed by atoms with Crippen LogP contribution in [0.15, 0.2) is 12.1 Å². The van der Waals surface area contributed by atoms with Gasteiger partial charge in [-0.05, 0) is 43.0 Å². The van der Waals surface area contributed by atoms with Gasteiger partial charge in [0, 0.05) is 12.0 Å². The van der Waals surface area contributed by atoms with Gasteiger partial charge in [-0.15, -0.1) is 0 Å². The van der Waals surface area contributed by atoms with Crippen LogP contribution in [0.5, 0.6) is 11.5 Å². The van der Waals surface area contributed by atoms with Crippen molar-refractivity contribution < 1.29 is 24.1 Å². The Kier molecular flexibility index (Phi) is 2.52. The van der Waals surface area contributed by atoms with E-state index in [0.29, 0.717) is 29.4 Å². The van der Waals surface area contributed by atoms with E-state index in [9.17, 15) is 9.90 Å². The zero-order chi connectivity index (χ0) is 14.8. The van der Waals surface area contributed by atoms with E-state index in [1.807, 2.05) is 6.07 Å². The molecule has 1 aromatic carbocycles. The topological polar surface area (TPSA) is 77.0 Å². The summed E-state index contributed by atoms with van der Waals surface area (Å²) in [5, 5.41) is 14.0. The van der Waals surface area contributed by atoms with Crippen molar-refractivity contribution >= 4 is 5.97 Å². The van der Waals surface area contributed by atoms with Crippen molar-refractivity contribution in [2.45, 2.75) is 37.0 Å². The third-order valence-corrected chi connectivity index (χ3v) is 5.43. The van der Waals surface area contributed by atoms with Crippen LogP contribution >= 0.6 is 0 Å². The molecule has 116 valence electrons. The first-order valence-corrected chi connectivity index (χ1v) is 7.78. The van der Waals surface area contributed by atoms with Gasteiger partial charge in [0.15, 0.2) is 11.5 Å². The summed E-state index contributed by atoms with van der Waals surface area (Å²) in [6.45, 7) is 1.12. The highest BCUT2D eigenvalue weighted by Crippen LogP contribution is 2.48. The minimum absolute atomic E-state index is 0.0292. The van der Waals surface area contributed by atoms with Crippen molar-refractivity contribution in [2.75, 3.05) is 13.3 Å². The van der Waals surface area contributed by atoms with E-state index in [4.69, 9.17) is 14.2 Å². The van der Waals surface area contributed by atoms with Crippen molar-refractivity contribution in [3.05, 3.63) is 23.3 Å². The molecule has 2 fully saturated rings. The van der Waals surface area contributed by atoms with Crippen LogP contribution in [0.1, 0.15) is 34.7 Å². The number of esters is 1. The fourth-order valence-corrected chi connectivity index (χ4v) is 4.47. The maximum absolute atomic E-state index is 12.3. The fourth-order valence-electron chi connectivity index (χ4n) is 4.47. The van der Waals surface area contributed by atoms with E-state index in [1.54, 1.807) is 6.07 Å². The summed E-state index contributed by atoms with van der Waals surface area (Å²) in [7, 11) is 0. The van der Waals surface area contributed by atoms with E-state index < -0.39 is 12.2 Å². The molecule has 0 spiro atoms. The fraction of sp³-hybridized carbons (Fsp3) is 0.562. The predicted octanol–water partition coefficient (Wildman–Crippen LogP) is 0.781. The Morgan fingerprint density at radius 1 is 1.23 bits per heavy atom. The molecule has 6 nitrogen and oxygen atoms in total. The van der Waals surface area contributed by atoms with Gasteiger partial charge in [-0.3, -0.25) is 0 Å². The second-order valence-corrected chi connectivity index (χ2v) is 6.52. The summed E-state index contributed by atoms with van der Waals surface area (Å²) in [4.78, 5) is 12.3. The van der Waals surface area contributed by atoms with Gasteiger partial charge < -0.3 is 24.6 Å². The summed E-state index contributed by atoms with van der Waals surface area (Å²) in [6, 6.07) is 3.84. The number of carbonyl (C=O) groups excluding carboxylic acids is 1. The highest BCUT2D eigenvalue weighted by atomic mass is 16.7. The van der Waals surface area contributed by atoms with Crippen LogP contribution in [0.25, 0.3) is 0 Å². The van der Waals surface area contributed by atoms with E-state index >= 15 is 0 Å². The summed E-state index contributed by atoms with van der Waals surface area (Å²) in [5.41, 5.74) is 1.45. The molecule has 1 saturated heterocycles. The Bertz CT molecular complexity index is 660. The monoisotopic (exact) mass is 303 g/mol. The first-order valence-electron chi connectivity index (χ1n) is 7.78. The number of aliphatic hydroxyl groups is 1. The Hall–Kier alpha value is -1.79. The molecular weight excluding hydrogens is 286 g/mol. The quantitative estimate of drug-likeness (QED) is 0.690. The molecule has 0 amide bonds. The van der Waals surface area contributed by atoms with Gasteiger partial charge in [0.2, 0.25) is 6.79 Å². The standard InChI is InChI=1S/C16H17NO5/c18-10-3-7-1-2-17-14(7)13-8-4-11-12(21-6-20-11)5-9(8)16(19)22-15(10)13/h4-5,7,10,13-15,17-18H,1-3,6H2/t7-,10+,13+,14-,15+/m1/s1. The minimum atomic E-state index is -0.603. The van der Waals surface area contributed by atoms with E-state index in [-0.39, 0.29) is 24.7 Å². The molecule has 3 heterocycles. The number of ether oxygens (including phenoxy) is 3. The van der Waals surface area contributed by atoms with Crippen LogP contribution < -0.4 is 14.8 Å². The molecule has 0 bridgehead atoms. The number of aliphatic hydroxyl groups excluding tert-OH is 1. The smallest absolute Gasteiger partial charge is 0.338 e. The first kappa shape index (κ1) is 12.7. The van der Waals surface area contributed by atoms with Gasteiger partial charge in [0.05, 0.1) is 11.7 Å². The molecule has 0 radical (unpaired) electrons. The SMILES string of the molecule is O=C1O[C@@H]2[C@@H](c3cc4c(cc31)OCO4)[C@@H]1NCC[C@@H]1C[C@@H]2O. The van der Waals surface area contributed by atoms with Crippen LogP contribution in [0.2, 0.25) is 0 Å². The highest BCUT2D eigenvalue weighted by Gasteiger charge is 2.52. The lowest BCUT2D eigenvalue weighted by Crippen LogP contribution is -2.54. The normalized spacial score (nSPS) is 38.0. The molecule has 1 aliphatic carbocycles. The number of benzene rings is 1. The predicted molar refractivity (Wildman–Crippen MR) is 75.0 cm³/mol. The largest absolute Gasteiger partial charge is 0.455 e. The van der Waals surface area contributed by atoms with Gasteiger partial charge in [-0.25, -0.2) is 4.79 Å². The van der Waals surface area contributed by atoms with Crippen LogP contribution in [0.4, 0.5) is 0 Å². The third kappa shape index (κ3) is 1.59. The van der Waals surface area contributed by atoms with Crippen molar-refractivity contribution in [3.8, 4) is 11.5 Å². The molecular formula is C16H17NO5. The van der Waals surface area contributed by atoms with Crippen LogP contribution in [0, 0.1) is 5.92 Å². The molecule has 3 aliphatic heterocycles. The number of fused-ring (bicyclic) bond motifs is 6. The second kappa shape index (κ2) is 4.36. The molecule has 5 rings (SSSR count). The first-order chi connectivity index (χ1) is 10.7. The van der Waals surface area contributed by atoms with Crippen molar-refractivity contribution in [1.82, 2.24) is 5.32 Å². The number of hydrogen-bond donors (Lipinski definition) is 2. The Morgan fingerprint density at radius 2 is 2.05 bits per heavy atom. The average Bonchev–Trinajstić information content (AvgIpc) is 3.14. The molecule has 4 aliphatic rings. The van der Waals surface area contributed by atoms with Gasteiger partial charge >= 0.3 is 5.97 Å². The van der Waals surface area contributed by atoms with E-state index in [1.165, 1.54) is 0 Å². The van der Waals surface area contributed by atoms with Crippen molar-refractivity contribution in [1.29, 1.82) is 0 Å². The molecule has 2 N–H and O–H groups in total. The summed E-state index contributed by atoms with van der Waals surface area (Å²) < 4.78 is 16.4. The third-order valence-electron chi connectivity index (χ3n) is 5.43. The zero-order valence-electron chi connectivity index (χ0n) is 12.0.